The van der Waals surface area contributed by atoms with Gasteiger partial charge < -0.3 is 4.74 Å². The fourth-order valence-electron chi connectivity index (χ4n) is 3.48. The summed E-state index contributed by atoms with van der Waals surface area (Å²) in [7, 11) is 0. The fourth-order valence-corrected chi connectivity index (χ4v) is 3.48. The summed E-state index contributed by atoms with van der Waals surface area (Å²) in [6.45, 7) is 1.84. The minimum Gasteiger partial charge on any atom is -0.457 e. The Morgan fingerprint density at radius 3 is 2.34 bits per heavy atom. The molecular formula is C24H18N2O6. The molecule has 0 radical (unpaired) electrons. The molecule has 0 saturated carbocycles. The predicted octanol–water partition coefficient (Wildman–Crippen LogP) is 4.31. The van der Waals surface area contributed by atoms with Crippen LogP contribution in [0.4, 0.5) is 11.4 Å². The van der Waals surface area contributed by atoms with Crippen molar-refractivity contribution in [1.82, 2.24) is 0 Å². The Bertz CT molecular complexity index is 1250. The number of hydrogen-bond donors (Lipinski definition) is 0. The fraction of sp³-hybridized carbons (Fsp3) is 0.125. The average molecular weight is 430 g/mol. The lowest BCUT2D eigenvalue weighted by molar-refractivity contribution is -0.384. The minimum atomic E-state index is -0.703. The molecule has 0 atom stereocenters. The maximum atomic E-state index is 12.9. The average Bonchev–Trinajstić information content (AvgIpc) is 3.07. The molecule has 8 nitrogen and oxygen atoms in total. The second kappa shape index (κ2) is 8.43. The van der Waals surface area contributed by atoms with Gasteiger partial charge in [-0.25, -0.2) is 9.69 Å². The molecule has 0 aromatic heterocycles. The van der Waals surface area contributed by atoms with Gasteiger partial charge in [-0.3, -0.25) is 19.7 Å². The summed E-state index contributed by atoms with van der Waals surface area (Å²) in [5.74, 6) is -1.67. The van der Waals surface area contributed by atoms with Crippen LogP contribution in [-0.2, 0) is 17.8 Å². The monoisotopic (exact) mass is 430 g/mol. The number of nitrogens with zero attached hydrogens (tertiary/aromatic N) is 2. The second-order valence-corrected chi connectivity index (χ2v) is 7.23. The summed E-state index contributed by atoms with van der Waals surface area (Å²) in [5.41, 5.74) is 2.35. The zero-order valence-electron chi connectivity index (χ0n) is 17.1. The van der Waals surface area contributed by atoms with E-state index >= 15 is 0 Å². The summed E-state index contributed by atoms with van der Waals surface area (Å²) in [5, 5.41) is 10.9. The van der Waals surface area contributed by atoms with Crippen molar-refractivity contribution in [1.29, 1.82) is 0 Å². The third-order valence-electron chi connectivity index (χ3n) is 5.22. The van der Waals surface area contributed by atoms with Gasteiger partial charge in [-0.2, -0.15) is 0 Å². The first-order valence-electron chi connectivity index (χ1n) is 9.91. The molecule has 1 aliphatic heterocycles. The minimum absolute atomic E-state index is 0.104. The maximum Gasteiger partial charge on any atom is 0.338 e. The van der Waals surface area contributed by atoms with Gasteiger partial charge in [0.05, 0.1) is 27.3 Å². The number of esters is 1. The van der Waals surface area contributed by atoms with E-state index in [2.05, 4.69) is 0 Å². The quantitative estimate of drug-likeness (QED) is 0.250. The van der Waals surface area contributed by atoms with E-state index in [1.54, 1.807) is 18.2 Å². The largest absolute Gasteiger partial charge is 0.457 e. The molecule has 3 aromatic carbocycles. The molecule has 0 fully saturated rings. The maximum absolute atomic E-state index is 12.9. The Morgan fingerprint density at radius 1 is 0.938 bits per heavy atom. The molecule has 8 heteroatoms. The number of anilines is 1. The van der Waals surface area contributed by atoms with E-state index in [1.165, 1.54) is 36.4 Å². The SMILES string of the molecule is CCc1ccc(N2C(=O)c3ccc(C(=O)OCc4cccc([N+](=O)[O-])c4)cc3C2=O)cc1. The Hall–Kier alpha value is -4.33. The van der Waals surface area contributed by atoms with Gasteiger partial charge in [0.1, 0.15) is 6.61 Å². The molecule has 160 valence electrons. The molecule has 0 spiro atoms. The number of carbonyl (C=O) groups is 3. The molecule has 0 aliphatic carbocycles. The van der Waals surface area contributed by atoms with Crippen molar-refractivity contribution in [3.63, 3.8) is 0 Å². The number of non-ortho nitro benzene ring substituents is 1. The second-order valence-electron chi connectivity index (χ2n) is 7.23. The Kier molecular flexibility index (Phi) is 5.51. The third-order valence-corrected chi connectivity index (χ3v) is 5.22. The lowest BCUT2D eigenvalue weighted by Gasteiger charge is -2.14. The van der Waals surface area contributed by atoms with Gasteiger partial charge in [0.25, 0.3) is 17.5 Å². The van der Waals surface area contributed by atoms with Gasteiger partial charge in [0.2, 0.25) is 0 Å². The number of rotatable bonds is 6. The summed E-state index contributed by atoms with van der Waals surface area (Å²) < 4.78 is 5.24. The third kappa shape index (κ3) is 3.85. The van der Waals surface area contributed by atoms with E-state index < -0.39 is 22.7 Å². The molecular weight excluding hydrogens is 412 g/mol. The van der Waals surface area contributed by atoms with Crippen LogP contribution in [0.15, 0.2) is 66.7 Å². The van der Waals surface area contributed by atoms with E-state index in [-0.39, 0.29) is 29.0 Å². The van der Waals surface area contributed by atoms with Crippen molar-refractivity contribution in [2.24, 2.45) is 0 Å². The van der Waals surface area contributed by atoms with Crippen molar-refractivity contribution >= 4 is 29.2 Å². The van der Waals surface area contributed by atoms with Gasteiger partial charge in [-0.05, 0) is 47.9 Å². The van der Waals surface area contributed by atoms with E-state index in [1.807, 2.05) is 19.1 Å². The highest BCUT2D eigenvalue weighted by molar-refractivity contribution is 6.34. The molecule has 0 unspecified atom stereocenters. The molecule has 3 aromatic rings. The molecule has 0 N–H and O–H groups in total. The van der Waals surface area contributed by atoms with Crippen molar-refractivity contribution in [3.05, 3.63) is 105 Å². The highest BCUT2D eigenvalue weighted by Crippen LogP contribution is 2.29. The lowest BCUT2D eigenvalue weighted by atomic mass is 10.1. The number of nitro groups is 1. The first-order valence-corrected chi connectivity index (χ1v) is 9.91. The van der Waals surface area contributed by atoms with Crippen molar-refractivity contribution in [2.75, 3.05) is 4.90 Å². The number of imide groups is 1. The number of benzene rings is 3. The molecule has 1 heterocycles. The Labute approximate surface area is 183 Å². The number of amides is 2. The number of carbonyl (C=O) groups excluding carboxylic acids is 3. The van der Waals surface area contributed by atoms with Gasteiger partial charge >= 0.3 is 5.97 Å². The van der Waals surface area contributed by atoms with Crippen LogP contribution in [0, 0.1) is 10.1 Å². The van der Waals surface area contributed by atoms with Gasteiger partial charge in [-0.15, -0.1) is 0 Å². The number of hydrogen-bond acceptors (Lipinski definition) is 6. The highest BCUT2D eigenvalue weighted by atomic mass is 16.6. The number of fused-ring (bicyclic) bond motifs is 1. The van der Waals surface area contributed by atoms with Gasteiger partial charge in [0, 0.05) is 12.1 Å². The molecule has 32 heavy (non-hydrogen) atoms. The van der Waals surface area contributed by atoms with Crippen molar-refractivity contribution in [3.8, 4) is 0 Å². The van der Waals surface area contributed by atoms with E-state index in [4.69, 9.17) is 4.74 Å². The normalized spacial score (nSPS) is 12.6. The zero-order valence-corrected chi connectivity index (χ0v) is 17.1. The van der Waals surface area contributed by atoms with Crippen LogP contribution < -0.4 is 4.90 Å². The lowest BCUT2D eigenvalue weighted by Crippen LogP contribution is -2.29. The number of aryl methyl sites for hydroxylation is 1. The molecule has 0 bridgehead atoms. The van der Waals surface area contributed by atoms with Crippen LogP contribution in [0.1, 0.15) is 49.1 Å². The molecule has 2 amide bonds. The van der Waals surface area contributed by atoms with Crippen LogP contribution in [0.25, 0.3) is 0 Å². The molecule has 1 aliphatic rings. The van der Waals surface area contributed by atoms with Crippen LogP contribution in [-0.4, -0.2) is 22.7 Å². The van der Waals surface area contributed by atoms with Crippen molar-refractivity contribution < 1.29 is 24.0 Å². The summed E-state index contributed by atoms with van der Waals surface area (Å²) in [4.78, 5) is 49.6. The number of ether oxygens (including phenoxy) is 1. The standard InChI is InChI=1S/C24H18N2O6/c1-2-15-6-9-18(10-7-15)25-22(27)20-11-8-17(13-21(20)23(25)28)24(29)32-14-16-4-3-5-19(12-16)26(30)31/h3-13H,2,14H2,1H3. The smallest absolute Gasteiger partial charge is 0.338 e. The van der Waals surface area contributed by atoms with Crippen LogP contribution in [0.2, 0.25) is 0 Å². The predicted molar refractivity (Wildman–Crippen MR) is 116 cm³/mol. The van der Waals surface area contributed by atoms with E-state index in [0.29, 0.717) is 11.3 Å². The molecule has 4 rings (SSSR count). The highest BCUT2D eigenvalue weighted by Gasteiger charge is 2.37. The van der Waals surface area contributed by atoms with Crippen LogP contribution in [0.3, 0.4) is 0 Å². The van der Waals surface area contributed by atoms with Gasteiger partial charge in [-0.1, -0.05) is 31.2 Å². The van der Waals surface area contributed by atoms with Gasteiger partial charge in [0.15, 0.2) is 0 Å². The first kappa shape index (κ1) is 20.9. The van der Waals surface area contributed by atoms with Crippen molar-refractivity contribution in [2.45, 2.75) is 20.0 Å². The summed E-state index contributed by atoms with van der Waals surface area (Å²) in [6.07, 6.45) is 0.837. The first-order chi connectivity index (χ1) is 15.4. The van der Waals surface area contributed by atoms with E-state index in [9.17, 15) is 24.5 Å². The Balaban J connectivity index is 1.52. The number of nitro benzene ring substituents is 1. The Morgan fingerprint density at radius 2 is 1.66 bits per heavy atom. The zero-order chi connectivity index (χ0) is 22.8. The summed E-state index contributed by atoms with van der Waals surface area (Å²) in [6, 6.07) is 17.1. The topological polar surface area (TPSA) is 107 Å². The summed E-state index contributed by atoms with van der Waals surface area (Å²) >= 11 is 0. The van der Waals surface area contributed by atoms with E-state index in [0.717, 1.165) is 16.9 Å². The van der Waals surface area contributed by atoms with Crippen LogP contribution >= 0.6 is 0 Å². The molecule has 0 saturated heterocycles. The van der Waals surface area contributed by atoms with Crippen LogP contribution in [0.5, 0.6) is 0 Å².